The first-order valence-electron chi connectivity index (χ1n) is 9.66. The van der Waals surface area contributed by atoms with Crippen LogP contribution >= 0.6 is 0 Å². The maximum atomic E-state index is 12.5. The van der Waals surface area contributed by atoms with Crippen LogP contribution in [0.15, 0.2) is 24.3 Å². The highest BCUT2D eigenvalue weighted by atomic mass is 16.6. The molecule has 1 N–H and O–H groups in total. The van der Waals surface area contributed by atoms with Gasteiger partial charge in [0, 0.05) is 17.8 Å². The Morgan fingerprint density at radius 3 is 2.85 bits per heavy atom. The summed E-state index contributed by atoms with van der Waals surface area (Å²) in [6.45, 7) is 1.44. The van der Waals surface area contributed by atoms with Crippen LogP contribution in [0.5, 0.6) is 0 Å². The van der Waals surface area contributed by atoms with Crippen LogP contribution in [-0.4, -0.2) is 43.4 Å². The molecule has 26 heavy (non-hydrogen) atoms. The molecule has 1 aromatic rings. The van der Waals surface area contributed by atoms with E-state index in [1.54, 1.807) is 23.1 Å². The molecule has 2 saturated heterocycles. The van der Waals surface area contributed by atoms with Crippen molar-refractivity contribution in [3.8, 4) is 0 Å². The zero-order valence-electron chi connectivity index (χ0n) is 15.0. The first-order chi connectivity index (χ1) is 12.7. The van der Waals surface area contributed by atoms with Crippen LogP contribution in [0.3, 0.4) is 0 Å². The van der Waals surface area contributed by atoms with Gasteiger partial charge in [0.15, 0.2) is 0 Å². The van der Waals surface area contributed by atoms with Gasteiger partial charge in [-0.05, 0) is 43.9 Å². The molecule has 1 atom stereocenters. The van der Waals surface area contributed by atoms with Crippen molar-refractivity contribution in [3.63, 3.8) is 0 Å². The normalized spacial score (nSPS) is 24.7. The minimum absolute atomic E-state index is 0.0731. The quantitative estimate of drug-likeness (QED) is 0.897. The Morgan fingerprint density at radius 2 is 2.08 bits per heavy atom. The van der Waals surface area contributed by atoms with E-state index in [1.807, 2.05) is 6.07 Å². The third kappa shape index (κ3) is 3.56. The maximum absolute atomic E-state index is 12.5. The van der Waals surface area contributed by atoms with Crippen LogP contribution in [0.1, 0.15) is 55.3 Å². The number of rotatable bonds is 4. The van der Waals surface area contributed by atoms with Gasteiger partial charge in [-0.3, -0.25) is 9.69 Å². The highest BCUT2D eigenvalue weighted by molar-refractivity contribution is 5.97. The van der Waals surface area contributed by atoms with Gasteiger partial charge in [0.2, 0.25) is 0 Å². The third-order valence-electron chi connectivity index (χ3n) is 5.77. The van der Waals surface area contributed by atoms with Crippen molar-refractivity contribution in [1.29, 1.82) is 0 Å². The van der Waals surface area contributed by atoms with E-state index in [2.05, 4.69) is 5.32 Å². The lowest BCUT2D eigenvalue weighted by Crippen LogP contribution is -2.36. The minimum Gasteiger partial charge on any atom is -0.447 e. The molecule has 1 aliphatic carbocycles. The molecule has 2 amide bonds. The molecule has 140 valence electrons. The number of amides is 2. The molecular formula is C20H26N2O4. The SMILES string of the molecule is O=C(NC[C@H]1CCC2(CCCCC2)O1)c1cccc(N2CCOC2=O)c1. The van der Waals surface area contributed by atoms with E-state index in [-0.39, 0.29) is 23.7 Å². The minimum atomic E-state index is -0.361. The molecule has 1 spiro atoms. The number of cyclic esters (lactones) is 1. The topological polar surface area (TPSA) is 67.9 Å². The van der Waals surface area contributed by atoms with Gasteiger partial charge in [-0.1, -0.05) is 25.3 Å². The van der Waals surface area contributed by atoms with E-state index in [1.165, 1.54) is 19.3 Å². The van der Waals surface area contributed by atoms with Crippen molar-refractivity contribution < 1.29 is 19.1 Å². The standard InChI is InChI=1S/C20H26N2O4/c23-18(15-5-4-6-16(13-15)22-11-12-25-19(22)24)21-14-17-7-10-20(26-17)8-2-1-3-9-20/h4-6,13,17H,1-3,7-12,14H2,(H,21,23)/t17-/m1/s1. The predicted octanol–water partition coefficient (Wildman–Crippen LogP) is 3.25. The van der Waals surface area contributed by atoms with E-state index < -0.39 is 0 Å². The van der Waals surface area contributed by atoms with Gasteiger partial charge in [0.25, 0.3) is 5.91 Å². The lowest BCUT2D eigenvalue weighted by molar-refractivity contribution is -0.0618. The molecule has 2 heterocycles. The molecule has 3 fully saturated rings. The number of carbonyl (C=O) groups is 2. The highest BCUT2D eigenvalue weighted by Gasteiger charge is 2.40. The van der Waals surface area contributed by atoms with Gasteiger partial charge < -0.3 is 14.8 Å². The van der Waals surface area contributed by atoms with Crippen LogP contribution in [-0.2, 0) is 9.47 Å². The maximum Gasteiger partial charge on any atom is 0.414 e. The predicted molar refractivity (Wildman–Crippen MR) is 97.4 cm³/mol. The molecule has 3 aliphatic rings. The molecule has 6 nitrogen and oxygen atoms in total. The van der Waals surface area contributed by atoms with Gasteiger partial charge in [0.05, 0.1) is 18.2 Å². The van der Waals surface area contributed by atoms with Crippen molar-refractivity contribution in [2.75, 3.05) is 24.6 Å². The zero-order valence-corrected chi connectivity index (χ0v) is 15.0. The molecule has 1 aromatic carbocycles. The molecule has 4 rings (SSSR count). The summed E-state index contributed by atoms with van der Waals surface area (Å²) in [6.07, 6.45) is 8.01. The fraction of sp³-hybridized carbons (Fsp3) is 0.600. The monoisotopic (exact) mass is 358 g/mol. The zero-order chi connectivity index (χ0) is 18.0. The van der Waals surface area contributed by atoms with Gasteiger partial charge in [-0.2, -0.15) is 0 Å². The van der Waals surface area contributed by atoms with E-state index in [0.29, 0.717) is 30.9 Å². The molecule has 2 aliphatic heterocycles. The largest absolute Gasteiger partial charge is 0.447 e. The van der Waals surface area contributed by atoms with Gasteiger partial charge in [-0.15, -0.1) is 0 Å². The van der Waals surface area contributed by atoms with Gasteiger partial charge in [-0.25, -0.2) is 4.79 Å². The summed E-state index contributed by atoms with van der Waals surface area (Å²) in [7, 11) is 0. The number of nitrogens with one attached hydrogen (secondary N) is 1. The van der Waals surface area contributed by atoms with Gasteiger partial charge >= 0.3 is 6.09 Å². The first-order valence-corrected chi connectivity index (χ1v) is 9.66. The van der Waals surface area contributed by atoms with E-state index in [0.717, 1.165) is 25.7 Å². The molecular weight excluding hydrogens is 332 g/mol. The fourth-order valence-electron chi connectivity index (χ4n) is 4.35. The number of nitrogens with zero attached hydrogens (tertiary/aromatic N) is 1. The van der Waals surface area contributed by atoms with E-state index >= 15 is 0 Å². The number of anilines is 1. The Bertz CT molecular complexity index is 684. The van der Waals surface area contributed by atoms with Crippen molar-refractivity contribution in [2.45, 2.75) is 56.7 Å². The highest BCUT2D eigenvalue weighted by Crippen LogP contribution is 2.41. The van der Waals surface area contributed by atoms with Crippen LogP contribution in [0.4, 0.5) is 10.5 Å². The van der Waals surface area contributed by atoms with Gasteiger partial charge in [0.1, 0.15) is 6.61 Å². The second-order valence-corrected chi connectivity index (χ2v) is 7.55. The van der Waals surface area contributed by atoms with E-state index in [9.17, 15) is 9.59 Å². The Labute approximate surface area is 153 Å². The summed E-state index contributed by atoms with van der Waals surface area (Å²) in [5.41, 5.74) is 1.31. The number of carbonyl (C=O) groups excluding carboxylic acids is 2. The van der Waals surface area contributed by atoms with Crippen molar-refractivity contribution in [2.24, 2.45) is 0 Å². The average Bonchev–Trinajstić information content (AvgIpc) is 3.27. The van der Waals surface area contributed by atoms with Crippen LogP contribution in [0.25, 0.3) is 0 Å². The lowest BCUT2D eigenvalue weighted by atomic mass is 9.83. The second kappa shape index (κ2) is 7.27. The lowest BCUT2D eigenvalue weighted by Gasteiger charge is -2.33. The molecule has 0 bridgehead atoms. The Hall–Kier alpha value is -2.08. The summed E-state index contributed by atoms with van der Waals surface area (Å²) in [5, 5.41) is 2.99. The van der Waals surface area contributed by atoms with Crippen LogP contribution in [0.2, 0.25) is 0 Å². The number of benzene rings is 1. The van der Waals surface area contributed by atoms with Crippen molar-refractivity contribution in [3.05, 3.63) is 29.8 Å². The summed E-state index contributed by atoms with van der Waals surface area (Å²) in [4.78, 5) is 25.8. The number of hydrogen-bond acceptors (Lipinski definition) is 4. The summed E-state index contributed by atoms with van der Waals surface area (Å²) in [5.74, 6) is -0.132. The van der Waals surface area contributed by atoms with Crippen LogP contribution < -0.4 is 10.2 Å². The second-order valence-electron chi connectivity index (χ2n) is 7.55. The van der Waals surface area contributed by atoms with E-state index in [4.69, 9.17) is 9.47 Å². The number of ether oxygens (including phenoxy) is 2. The smallest absolute Gasteiger partial charge is 0.414 e. The molecule has 0 radical (unpaired) electrons. The molecule has 0 unspecified atom stereocenters. The van der Waals surface area contributed by atoms with Crippen molar-refractivity contribution in [1.82, 2.24) is 5.32 Å². The Kier molecular flexibility index (Phi) is 4.85. The Morgan fingerprint density at radius 1 is 1.23 bits per heavy atom. The fourth-order valence-corrected chi connectivity index (χ4v) is 4.35. The summed E-state index contributed by atoms with van der Waals surface area (Å²) in [6, 6.07) is 7.10. The summed E-state index contributed by atoms with van der Waals surface area (Å²) < 4.78 is 11.3. The summed E-state index contributed by atoms with van der Waals surface area (Å²) >= 11 is 0. The Balaban J connectivity index is 1.33. The van der Waals surface area contributed by atoms with Crippen molar-refractivity contribution >= 4 is 17.7 Å². The number of hydrogen-bond donors (Lipinski definition) is 1. The molecule has 1 saturated carbocycles. The first kappa shape index (κ1) is 17.3. The molecule has 6 heteroatoms. The van der Waals surface area contributed by atoms with Crippen LogP contribution in [0, 0.1) is 0 Å². The molecule has 0 aromatic heterocycles. The third-order valence-corrected chi connectivity index (χ3v) is 5.77. The average molecular weight is 358 g/mol.